The molecule has 1 aliphatic rings. The number of benzene rings is 1. The van der Waals surface area contributed by atoms with Crippen LogP contribution in [0.2, 0.25) is 0 Å². The van der Waals surface area contributed by atoms with Crippen LogP contribution < -0.4 is 16.4 Å². The summed E-state index contributed by atoms with van der Waals surface area (Å²) in [6.45, 7) is 4.05. The Morgan fingerprint density at radius 3 is 2.64 bits per heavy atom. The van der Waals surface area contributed by atoms with Gasteiger partial charge >= 0.3 is 6.18 Å². The lowest BCUT2D eigenvalue weighted by molar-refractivity contribution is -0.163. The fourth-order valence-corrected chi connectivity index (χ4v) is 2.38. The third-order valence-corrected chi connectivity index (χ3v) is 3.78. The molecule has 1 aliphatic heterocycles. The summed E-state index contributed by atoms with van der Waals surface area (Å²) in [4.78, 5) is 12.3. The molecule has 0 aliphatic carbocycles. The van der Waals surface area contributed by atoms with E-state index in [1.807, 2.05) is 12.1 Å². The Balaban J connectivity index is 1.90. The molecule has 1 heterocycles. The van der Waals surface area contributed by atoms with Crippen molar-refractivity contribution in [2.75, 3.05) is 31.6 Å². The van der Waals surface area contributed by atoms with E-state index in [0.29, 0.717) is 12.3 Å². The molecule has 1 atom stereocenters. The number of amides is 1. The van der Waals surface area contributed by atoms with E-state index in [0.717, 1.165) is 30.9 Å². The lowest BCUT2D eigenvalue weighted by Crippen LogP contribution is -2.33. The topological polar surface area (TPSA) is 85.6 Å². The molecule has 1 aromatic carbocycles. The van der Waals surface area contributed by atoms with E-state index in [1.165, 1.54) is 6.08 Å². The van der Waals surface area contributed by atoms with E-state index in [-0.39, 0.29) is 17.4 Å². The van der Waals surface area contributed by atoms with Crippen molar-refractivity contribution < 1.29 is 27.4 Å². The molecule has 152 valence electrons. The van der Waals surface area contributed by atoms with E-state index in [2.05, 4.69) is 21.9 Å². The van der Waals surface area contributed by atoms with Crippen molar-refractivity contribution in [1.82, 2.24) is 5.32 Å². The molecule has 0 bridgehead atoms. The first-order chi connectivity index (χ1) is 13.3. The molecule has 28 heavy (non-hydrogen) atoms. The Morgan fingerprint density at radius 2 is 2.07 bits per heavy atom. The first kappa shape index (κ1) is 21.5. The molecule has 1 amide bonds. The van der Waals surface area contributed by atoms with Gasteiger partial charge in [-0.15, -0.1) is 0 Å². The number of rotatable bonds is 7. The molecule has 0 saturated carbocycles. The van der Waals surface area contributed by atoms with E-state index in [1.54, 1.807) is 12.1 Å². The maximum atomic E-state index is 12.3. The molecule has 1 aromatic rings. The van der Waals surface area contributed by atoms with E-state index < -0.39 is 18.7 Å². The number of nitrogens with two attached hydrogens (primary N) is 1. The number of carbonyl (C=O) groups excluding carboxylic acids is 1. The Morgan fingerprint density at radius 1 is 1.36 bits per heavy atom. The number of allylic oxidation sites excluding steroid dienone is 1. The summed E-state index contributed by atoms with van der Waals surface area (Å²) in [5, 5.41) is 5.90. The van der Waals surface area contributed by atoms with Crippen LogP contribution >= 0.6 is 0 Å². The van der Waals surface area contributed by atoms with Crippen LogP contribution in [0.3, 0.4) is 0 Å². The third-order valence-electron chi connectivity index (χ3n) is 3.78. The number of alkyl halides is 3. The van der Waals surface area contributed by atoms with Gasteiger partial charge in [0, 0.05) is 25.0 Å². The molecular formula is C19H22F3N3O3. The second kappa shape index (κ2) is 9.95. The smallest absolute Gasteiger partial charge is 0.422 e. The monoisotopic (exact) mass is 397 g/mol. The van der Waals surface area contributed by atoms with Crippen LogP contribution in [0, 0.1) is 0 Å². The molecule has 1 saturated heterocycles. The number of hydrogen-bond acceptors (Lipinski definition) is 5. The lowest BCUT2D eigenvalue weighted by atomic mass is 10.1. The van der Waals surface area contributed by atoms with Gasteiger partial charge in [0.2, 0.25) is 0 Å². The molecule has 0 unspecified atom stereocenters. The molecule has 6 nitrogen and oxygen atoms in total. The number of nitrogens with one attached hydrogen (secondary N) is 2. The number of halogens is 3. The van der Waals surface area contributed by atoms with Crippen molar-refractivity contribution in [3.8, 4) is 0 Å². The Labute approximate surface area is 160 Å². The SMILES string of the molecule is C=C(/C=C\C(=C/N)C(=O)Nc1ccc([C@@H]2CNCCO2)cc1)OCC(F)(F)F. The molecule has 2 rings (SSSR count). The van der Waals surface area contributed by atoms with Gasteiger partial charge in [0.05, 0.1) is 18.3 Å². The van der Waals surface area contributed by atoms with Crippen LogP contribution in [0.1, 0.15) is 11.7 Å². The highest BCUT2D eigenvalue weighted by molar-refractivity contribution is 6.05. The van der Waals surface area contributed by atoms with Gasteiger partial charge in [-0.2, -0.15) is 13.2 Å². The largest absolute Gasteiger partial charge is 0.485 e. The summed E-state index contributed by atoms with van der Waals surface area (Å²) >= 11 is 0. The predicted octanol–water partition coefficient (Wildman–Crippen LogP) is 2.78. The zero-order valence-electron chi connectivity index (χ0n) is 15.1. The van der Waals surface area contributed by atoms with E-state index >= 15 is 0 Å². The number of ether oxygens (including phenoxy) is 2. The maximum Gasteiger partial charge on any atom is 0.422 e. The van der Waals surface area contributed by atoms with E-state index in [9.17, 15) is 18.0 Å². The highest BCUT2D eigenvalue weighted by Gasteiger charge is 2.28. The van der Waals surface area contributed by atoms with Gasteiger partial charge in [0.25, 0.3) is 5.91 Å². The first-order valence-corrected chi connectivity index (χ1v) is 8.50. The van der Waals surface area contributed by atoms with Crippen molar-refractivity contribution in [2.24, 2.45) is 5.73 Å². The molecule has 0 spiro atoms. The van der Waals surface area contributed by atoms with Gasteiger partial charge in [0.1, 0.15) is 5.76 Å². The number of morpholine rings is 1. The van der Waals surface area contributed by atoms with Crippen molar-refractivity contribution >= 4 is 11.6 Å². The van der Waals surface area contributed by atoms with Crippen LogP contribution in [0.25, 0.3) is 0 Å². The minimum Gasteiger partial charge on any atom is -0.485 e. The third kappa shape index (κ3) is 7.09. The van der Waals surface area contributed by atoms with Crippen LogP contribution in [-0.2, 0) is 14.3 Å². The Kier molecular flexibility index (Phi) is 7.65. The summed E-state index contributed by atoms with van der Waals surface area (Å²) in [5.41, 5.74) is 7.00. The minimum atomic E-state index is -4.47. The molecular weight excluding hydrogens is 375 g/mol. The van der Waals surface area contributed by atoms with Crippen LogP contribution in [-0.4, -0.2) is 38.4 Å². The van der Waals surface area contributed by atoms with Crippen molar-refractivity contribution in [3.63, 3.8) is 0 Å². The fraction of sp³-hybridized carbons (Fsp3) is 0.316. The van der Waals surface area contributed by atoms with Gasteiger partial charge < -0.3 is 25.8 Å². The van der Waals surface area contributed by atoms with Crippen molar-refractivity contribution in [3.05, 3.63) is 66.1 Å². The van der Waals surface area contributed by atoms with Gasteiger partial charge in [-0.1, -0.05) is 18.7 Å². The number of carbonyl (C=O) groups is 1. The summed E-state index contributed by atoms with van der Waals surface area (Å²) in [5.74, 6) is -0.763. The Hall–Kier alpha value is -2.78. The second-order valence-corrected chi connectivity index (χ2v) is 5.97. The van der Waals surface area contributed by atoms with Crippen LogP contribution in [0.5, 0.6) is 0 Å². The van der Waals surface area contributed by atoms with Crippen LogP contribution in [0.15, 0.2) is 60.5 Å². The highest BCUT2D eigenvalue weighted by atomic mass is 19.4. The predicted molar refractivity (Wildman–Crippen MR) is 99.2 cm³/mol. The number of anilines is 1. The zero-order chi connectivity index (χ0) is 20.6. The van der Waals surface area contributed by atoms with Gasteiger partial charge in [-0.25, -0.2) is 0 Å². The summed E-state index contributed by atoms with van der Waals surface area (Å²) in [6, 6.07) is 7.16. The van der Waals surface area contributed by atoms with Crippen LogP contribution in [0.4, 0.5) is 18.9 Å². The fourth-order valence-electron chi connectivity index (χ4n) is 2.38. The lowest BCUT2D eigenvalue weighted by Gasteiger charge is -2.24. The quantitative estimate of drug-likeness (QED) is 0.374. The zero-order valence-corrected chi connectivity index (χ0v) is 15.1. The summed E-state index contributed by atoms with van der Waals surface area (Å²) in [7, 11) is 0. The molecule has 0 aromatic heterocycles. The molecule has 1 fully saturated rings. The summed E-state index contributed by atoms with van der Waals surface area (Å²) < 4.78 is 46.4. The maximum absolute atomic E-state index is 12.3. The average Bonchev–Trinajstić information content (AvgIpc) is 2.67. The standard InChI is InChI=1S/C19H22F3N3O3/c1-13(28-12-19(20,21)22)2-3-15(10-23)18(26)25-16-6-4-14(5-7-16)17-11-24-8-9-27-17/h2-7,10,17,24H,1,8-9,11-12,23H2,(H,25,26)/b3-2-,15-10+/t17-/m0/s1. The normalized spacial score (nSPS) is 18.1. The first-order valence-electron chi connectivity index (χ1n) is 8.50. The molecule has 0 radical (unpaired) electrons. The van der Waals surface area contributed by atoms with Crippen molar-refractivity contribution in [2.45, 2.75) is 12.3 Å². The Bertz CT molecular complexity index is 737. The minimum absolute atomic E-state index is 0.0383. The average molecular weight is 397 g/mol. The van der Waals surface area contributed by atoms with E-state index in [4.69, 9.17) is 10.5 Å². The van der Waals surface area contributed by atoms with Crippen molar-refractivity contribution in [1.29, 1.82) is 0 Å². The van der Waals surface area contributed by atoms with Gasteiger partial charge in [-0.05, 0) is 29.8 Å². The number of hydrogen-bond donors (Lipinski definition) is 3. The molecule has 9 heteroatoms. The second-order valence-electron chi connectivity index (χ2n) is 5.97. The molecule has 4 N–H and O–H groups in total. The van der Waals surface area contributed by atoms with Gasteiger partial charge in [0.15, 0.2) is 6.61 Å². The summed E-state index contributed by atoms with van der Waals surface area (Å²) in [6.07, 6.45) is -1.10. The highest BCUT2D eigenvalue weighted by Crippen LogP contribution is 2.21. The van der Waals surface area contributed by atoms with Gasteiger partial charge in [-0.3, -0.25) is 4.79 Å².